The fraction of sp³-hybridized carbons (Fsp3) is 0.214. The smallest absolute Gasteiger partial charge is 0.282 e. The first-order chi connectivity index (χ1) is 15.9. The van der Waals surface area contributed by atoms with E-state index < -0.39 is 0 Å². The summed E-state index contributed by atoms with van der Waals surface area (Å²) in [7, 11) is 2.03. The Morgan fingerprint density at radius 3 is 2.33 bits per heavy atom. The lowest BCUT2D eigenvalue weighted by Gasteiger charge is -2.33. The molecule has 1 atom stereocenters. The van der Waals surface area contributed by atoms with Gasteiger partial charge in [0.2, 0.25) is 0 Å². The monoisotopic (exact) mass is 437 g/mol. The summed E-state index contributed by atoms with van der Waals surface area (Å²) >= 11 is 0. The molecule has 0 N–H and O–H groups in total. The van der Waals surface area contributed by atoms with Crippen LogP contribution in [-0.4, -0.2) is 29.9 Å². The Morgan fingerprint density at radius 2 is 1.64 bits per heavy atom. The number of hydrazine groups is 1. The predicted molar refractivity (Wildman–Crippen MR) is 131 cm³/mol. The van der Waals surface area contributed by atoms with Crippen molar-refractivity contribution in [3.63, 3.8) is 0 Å². The van der Waals surface area contributed by atoms with Gasteiger partial charge in [0.1, 0.15) is 5.57 Å². The van der Waals surface area contributed by atoms with Gasteiger partial charge in [-0.3, -0.25) is 9.59 Å². The molecule has 2 aromatic rings. The predicted octanol–water partition coefficient (Wildman–Crippen LogP) is 4.90. The van der Waals surface area contributed by atoms with E-state index in [9.17, 15) is 9.59 Å². The number of carbonyl (C=O) groups excluding carboxylic acids is 2. The minimum absolute atomic E-state index is 0.175. The number of hydrogen-bond donors (Lipinski definition) is 0. The second-order valence-electron chi connectivity index (χ2n) is 9.05. The van der Waals surface area contributed by atoms with Crippen LogP contribution in [0.25, 0.3) is 0 Å². The number of amides is 2. The zero-order chi connectivity index (χ0) is 23.2. The molecule has 5 rings (SSSR count). The lowest BCUT2D eigenvalue weighted by Crippen LogP contribution is -2.47. The number of anilines is 2. The van der Waals surface area contributed by atoms with Crippen molar-refractivity contribution in [2.24, 2.45) is 0 Å². The average molecular weight is 438 g/mol. The van der Waals surface area contributed by atoms with Gasteiger partial charge in [-0.1, -0.05) is 74.5 Å². The summed E-state index contributed by atoms with van der Waals surface area (Å²) < 4.78 is 0. The Morgan fingerprint density at radius 1 is 0.909 bits per heavy atom. The third-order valence-corrected chi connectivity index (χ3v) is 6.70. The summed E-state index contributed by atoms with van der Waals surface area (Å²) in [5.41, 5.74) is 4.04. The third kappa shape index (κ3) is 3.32. The van der Waals surface area contributed by atoms with Crippen LogP contribution < -0.4 is 9.91 Å². The first-order valence-corrected chi connectivity index (χ1v) is 11.2. The van der Waals surface area contributed by atoms with E-state index in [1.807, 2.05) is 79.9 Å². The Bertz CT molecular complexity index is 1240. The van der Waals surface area contributed by atoms with Gasteiger partial charge >= 0.3 is 0 Å². The SMILES string of the molecule is CN1/C(=C/C=C2/C(=O)N(c3ccccc3)N(C3C=CC=CC3)C2=O)C(C)(C)c2ccccc21. The van der Waals surface area contributed by atoms with Crippen LogP contribution in [-0.2, 0) is 15.0 Å². The molecule has 0 saturated carbocycles. The molecular formula is C28H27N3O2. The Hall–Kier alpha value is -3.86. The molecule has 0 spiro atoms. The minimum atomic E-state index is -0.304. The molecule has 1 unspecified atom stereocenters. The fourth-order valence-electron chi connectivity index (χ4n) is 4.98. The molecule has 0 aromatic heterocycles. The lowest BCUT2D eigenvalue weighted by molar-refractivity contribution is -0.126. The summed E-state index contributed by atoms with van der Waals surface area (Å²) in [4.78, 5) is 29.2. The van der Waals surface area contributed by atoms with Crippen molar-refractivity contribution in [1.82, 2.24) is 5.01 Å². The number of likely N-dealkylation sites (N-methyl/N-ethyl adjacent to an activating group) is 1. The topological polar surface area (TPSA) is 43.9 Å². The highest BCUT2D eigenvalue weighted by molar-refractivity contribution is 6.29. The van der Waals surface area contributed by atoms with Crippen LogP contribution in [0.15, 0.2) is 102 Å². The molecule has 2 heterocycles. The molecule has 1 saturated heterocycles. The van der Waals surface area contributed by atoms with Gasteiger partial charge in [-0.05, 0) is 42.3 Å². The van der Waals surface area contributed by atoms with Crippen LogP contribution in [0.4, 0.5) is 11.4 Å². The van der Waals surface area contributed by atoms with Crippen molar-refractivity contribution in [2.75, 3.05) is 17.0 Å². The lowest BCUT2D eigenvalue weighted by atomic mass is 9.83. The number of hydrogen-bond acceptors (Lipinski definition) is 3. The molecule has 5 heteroatoms. The normalized spacial score (nSPS) is 23.8. The molecular weight excluding hydrogens is 410 g/mol. The maximum atomic E-state index is 13.6. The van der Waals surface area contributed by atoms with Crippen molar-refractivity contribution in [1.29, 1.82) is 0 Å². The first-order valence-electron chi connectivity index (χ1n) is 11.2. The molecule has 33 heavy (non-hydrogen) atoms. The zero-order valence-corrected chi connectivity index (χ0v) is 19.1. The van der Waals surface area contributed by atoms with Crippen molar-refractivity contribution >= 4 is 23.2 Å². The van der Waals surface area contributed by atoms with Crippen LogP contribution in [0.3, 0.4) is 0 Å². The number of rotatable bonds is 3. The summed E-state index contributed by atoms with van der Waals surface area (Å²) in [5, 5.41) is 3.10. The fourth-order valence-corrected chi connectivity index (χ4v) is 4.98. The second kappa shape index (κ2) is 7.93. The van der Waals surface area contributed by atoms with Gasteiger partial charge < -0.3 is 4.90 Å². The van der Waals surface area contributed by atoms with Crippen molar-refractivity contribution in [3.05, 3.63) is 108 Å². The molecule has 2 aliphatic heterocycles. The summed E-state index contributed by atoms with van der Waals surface area (Å²) in [6, 6.07) is 17.4. The molecule has 1 fully saturated rings. The van der Waals surface area contributed by atoms with E-state index in [2.05, 4.69) is 30.9 Å². The van der Waals surface area contributed by atoms with E-state index in [1.54, 1.807) is 11.1 Å². The van der Waals surface area contributed by atoms with Crippen LogP contribution in [0.5, 0.6) is 0 Å². The quantitative estimate of drug-likeness (QED) is 0.507. The third-order valence-electron chi connectivity index (χ3n) is 6.70. The molecule has 1 aliphatic carbocycles. The summed E-state index contributed by atoms with van der Waals surface area (Å²) in [6.07, 6.45) is 12.2. The average Bonchev–Trinajstić information content (AvgIpc) is 3.20. The highest BCUT2D eigenvalue weighted by Crippen LogP contribution is 2.46. The highest BCUT2D eigenvalue weighted by Gasteiger charge is 2.45. The largest absolute Gasteiger partial charge is 0.347 e. The maximum Gasteiger partial charge on any atom is 0.282 e. The van der Waals surface area contributed by atoms with E-state index in [1.165, 1.54) is 10.6 Å². The second-order valence-corrected chi connectivity index (χ2v) is 9.05. The number of carbonyl (C=O) groups is 2. The Labute approximate surface area is 194 Å². The maximum absolute atomic E-state index is 13.6. The summed E-state index contributed by atoms with van der Waals surface area (Å²) in [5.74, 6) is -0.580. The number of allylic oxidation sites excluding steroid dienone is 5. The highest BCUT2D eigenvalue weighted by atomic mass is 16.2. The van der Waals surface area contributed by atoms with Crippen molar-refractivity contribution in [2.45, 2.75) is 31.7 Å². The number of nitrogens with zero attached hydrogens (tertiary/aromatic N) is 3. The van der Waals surface area contributed by atoms with E-state index in [-0.39, 0.29) is 28.8 Å². The number of fused-ring (bicyclic) bond motifs is 1. The van der Waals surface area contributed by atoms with Crippen LogP contribution >= 0.6 is 0 Å². The van der Waals surface area contributed by atoms with Crippen LogP contribution in [0.1, 0.15) is 25.8 Å². The van der Waals surface area contributed by atoms with Gasteiger partial charge in [0.05, 0.1) is 11.7 Å². The first kappa shape index (κ1) is 21.0. The van der Waals surface area contributed by atoms with Gasteiger partial charge in [-0.15, -0.1) is 0 Å². The van der Waals surface area contributed by atoms with Crippen LogP contribution in [0, 0.1) is 0 Å². The van der Waals surface area contributed by atoms with Crippen molar-refractivity contribution < 1.29 is 9.59 Å². The van der Waals surface area contributed by atoms with Gasteiger partial charge in [-0.2, -0.15) is 0 Å². The van der Waals surface area contributed by atoms with E-state index in [0.717, 1.165) is 11.4 Å². The minimum Gasteiger partial charge on any atom is -0.347 e. The van der Waals surface area contributed by atoms with E-state index in [4.69, 9.17) is 0 Å². The molecule has 5 nitrogen and oxygen atoms in total. The number of para-hydroxylation sites is 2. The standard InChI is InChI=1S/C28H27N3O2/c1-28(2)23-16-10-11-17-24(23)29(3)25(28)19-18-22-26(32)30(20-12-6-4-7-13-20)31(27(22)33)21-14-8-5-9-15-21/h4-14,16-19,21H,15H2,1-3H3/b22-18-,25-19+. The molecule has 0 bridgehead atoms. The van der Waals surface area contributed by atoms with E-state index >= 15 is 0 Å². The molecule has 166 valence electrons. The number of benzene rings is 2. The molecule has 3 aliphatic rings. The van der Waals surface area contributed by atoms with Gasteiger partial charge in [0.25, 0.3) is 11.8 Å². The molecule has 0 radical (unpaired) electrons. The van der Waals surface area contributed by atoms with Crippen LogP contribution in [0.2, 0.25) is 0 Å². The summed E-state index contributed by atoms with van der Waals surface area (Å²) in [6.45, 7) is 4.33. The van der Waals surface area contributed by atoms with Gasteiger partial charge in [-0.25, -0.2) is 10.0 Å². The molecule has 2 amide bonds. The zero-order valence-electron chi connectivity index (χ0n) is 19.1. The molecule has 2 aromatic carbocycles. The van der Waals surface area contributed by atoms with Crippen molar-refractivity contribution in [3.8, 4) is 0 Å². The van der Waals surface area contributed by atoms with Gasteiger partial charge in [0, 0.05) is 23.8 Å². The Balaban J connectivity index is 1.56. The van der Waals surface area contributed by atoms with Gasteiger partial charge in [0.15, 0.2) is 0 Å². The van der Waals surface area contributed by atoms with E-state index in [0.29, 0.717) is 12.1 Å². The Kier molecular flexibility index (Phi) is 5.05.